The van der Waals surface area contributed by atoms with Gasteiger partial charge >= 0.3 is 0 Å². The molecule has 0 bridgehead atoms. The first-order chi connectivity index (χ1) is 9.54. The summed E-state index contributed by atoms with van der Waals surface area (Å²) in [7, 11) is 1.85. The number of nitrogens with zero attached hydrogens (tertiary/aromatic N) is 5. The number of aromatic nitrogens is 3. The molecule has 104 valence electrons. The number of anilines is 1. The minimum atomic E-state index is -0.350. The van der Waals surface area contributed by atoms with Crippen molar-refractivity contribution < 1.29 is 4.92 Å². The van der Waals surface area contributed by atoms with Crippen molar-refractivity contribution in [3.05, 3.63) is 34.0 Å². The van der Waals surface area contributed by atoms with Gasteiger partial charge in [-0.15, -0.1) is 0 Å². The predicted molar refractivity (Wildman–Crippen MR) is 74.6 cm³/mol. The Labute approximate surface area is 116 Å². The second-order valence-corrected chi connectivity index (χ2v) is 4.84. The lowest BCUT2D eigenvalue weighted by Crippen LogP contribution is -2.27. The van der Waals surface area contributed by atoms with Gasteiger partial charge in [0, 0.05) is 18.7 Å². The number of nitro benzene ring substituents is 1. The Morgan fingerprint density at radius 2 is 2.15 bits per heavy atom. The molecule has 7 nitrogen and oxygen atoms in total. The van der Waals surface area contributed by atoms with Crippen LogP contribution in [0.3, 0.4) is 0 Å². The van der Waals surface area contributed by atoms with Crippen LogP contribution in [0.1, 0.15) is 25.6 Å². The molecule has 0 amide bonds. The van der Waals surface area contributed by atoms with E-state index in [4.69, 9.17) is 0 Å². The van der Waals surface area contributed by atoms with Gasteiger partial charge in [0.2, 0.25) is 0 Å². The third-order valence-electron chi connectivity index (χ3n) is 3.76. The van der Waals surface area contributed by atoms with E-state index in [1.807, 2.05) is 31.9 Å². The van der Waals surface area contributed by atoms with Gasteiger partial charge in [0.25, 0.3) is 5.69 Å². The Kier molecular flexibility index (Phi) is 2.70. The molecule has 20 heavy (non-hydrogen) atoms. The van der Waals surface area contributed by atoms with Gasteiger partial charge in [-0.05, 0) is 13.8 Å². The van der Waals surface area contributed by atoms with E-state index in [-0.39, 0.29) is 16.7 Å². The van der Waals surface area contributed by atoms with E-state index < -0.39 is 0 Å². The molecule has 1 aromatic carbocycles. The number of rotatable bonds is 2. The molecule has 0 saturated carbocycles. The van der Waals surface area contributed by atoms with Gasteiger partial charge < -0.3 is 4.90 Å². The summed E-state index contributed by atoms with van der Waals surface area (Å²) in [6.07, 6.45) is 0. The summed E-state index contributed by atoms with van der Waals surface area (Å²) in [5.74, 6) is 0. The molecule has 0 saturated heterocycles. The fourth-order valence-corrected chi connectivity index (χ4v) is 2.59. The van der Waals surface area contributed by atoms with Crippen LogP contribution in [-0.4, -0.2) is 27.0 Å². The number of nitro groups is 1. The van der Waals surface area contributed by atoms with Crippen molar-refractivity contribution in [2.45, 2.75) is 26.4 Å². The zero-order valence-electron chi connectivity index (χ0n) is 11.6. The molecule has 0 aliphatic carbocycles. The van der Waals surface area contributed by atoms with Crippen molar-refractivity contribution in [2.75, 3.05) is 11.9 Å². The summed E-state index contributed by atoms with van der Waals surface area (Å²) >= 11 is 0. The number of hydrogen-bond donors (Lipinski definition) is 0. The van der Waals surface area contributed by atoms with Gasteiger partial charge in [0.05, 0.1) is 17.5 Å². The molecule has 2 heterocycles. The molecule has 0 N–H and O–H groups in total. The van der Waals surface area contributed by atoms with Gasteiger partial charge in [0.1, 0.15) is 17.1 Å². The summed E-state index contributed by atoms with van der Waals surface area (Å²) in [6.45, 7) is 4.62. The molecule has 0 radical (unpaired) electrons. The number of benzene rings is 1. The minimum Gasteiger partial charge on any atom is -0.360 e. The highest BCUT2D eigenvalue weighted by atomic mass is 16.6. The molecule has 3 rings (SSSR count). The molecule has 0 spiro atoms. The van der Waals surface area contributed by atoms with E-state index in [1.165, 1.54) is 6.07 Å². The smallest absolute Gasteiger partial charge is 0.293 e. The lowest BCUT2D eigenvalue weighted by molar-refractivity contribution is -0.384. The maximum atomic E-state index is 11.2. The largest absolute Gasteiger partial charge is 0.360 e. The Morgan fingerprint density at radius 1 is 1.40 bits per heavy atom. The zero-order chi connectivity index (χ0) is 14.4. The molecule has 1 aromatic heterocycles. The van der Waals surface area contributed by atoms with E-state index >= 15 is 0 Å². The van der Waals surface area contributed by atoms with Crippen LogP contribution in [0.25, 0.3) is 11.3 Å². The van der Waals surface area contributed by atoms with E-state index in [0.29, 0.717) is 12.2 Å². The number of para-hydroxylation sites is 1. The Hall–Kier alpha value is -2.44. The summed E-state index contributed by atoms with van der Waals surface area (Å²) in [6, 6.07) is 5.03. The zero-order valence-corrected chi connectivity index (χ0v) is 11.6. The molecule has 1 aliphatic heterocycles. The van der Waals surface area contributed by atoms with Crippen molar-refractivity contribution in [2.24, 2.45) is 0 Å². The van der Waals surface area contributed by atoms with E-state index in [2.05, 4.69) is 10.2 Å². The topological polar surface area (TPSA) is 77.1 Å². The van der Waals surface area contributed by atoms with Crippen LogP contribution in [0.15, 0.2) is 18.2 Å². The lowest BCUT2D eigenvalue weighted by atomic mass is 9.97. The Balaban J connectivity index is 2.31. The van der Waals surface area contributed by atoms with Crippen molar-refractivity contribution in [3.63, 3.8) is 0 Å². The third-order valence-corrected chi connectivity index (χ3v) is 3.76. The van der Waals surface area contributed by atoms with Crippen molar-refractivity contribution in [1.82, 2.24) is 15.0 Å². The number of aryl methyl sites for hydroxylation is 1. The minimum absolute atomic E-state index is 0.0427. The molecule has 2 aromatic rings. The van der Waals surface area contributed by atoms with Gasteiger partial charge in [-0.25, -0.2) is 0 Å². The van der Waals surface area contributed by atoms with Crippen molar-refractivity contribution in [3.8, 4) is 11.3 Å². The van der Waals surface area contributed by atoms with Crippen LogP contribution in [0, 0.1) is 10.1 Å². The molecular weight excluding hydrogens is 258 g/mol. The predicted octanol–water partition coefficient (Wildman–Crippen LogP) is 2.38. The normalized spacial score (nSPS) is 16.8. The van der Waals surface area contributed by atoms with Crippen LogP contribution in [0.4, 0.5) is 11.4 Å². The first-order valence-electron chi connectivity index (χ1n) is 6.50. The van der Waals surface area contributed by atoms with Gasteiger partial charge in [-0.3, -0.25) is 10.1 Å². The van der Waals surface area contributed by atoms with Gasteiger partial charge in [-0.1, -0.05) is 12.1 Å². The maximum Gasteiger partial charge on any atom is 0.293 e. The number of fused-ring (bicyclic) bond motifs is 3. The van der Waals surface area contributed by atoms with Crippen LogP contribution in [0.2, 0.25) is 0 Å². The standard InChI is InChI=1S/C13H15N5O2/c1-4-17-14-11-8(2)16(3)13-9(12(11)15-17)6-5-7-10(13)18(19)20/h5-8H,4H2,1-3H3. The highest BCUT2D eigenvalue weighted by Gasteiger charge is 2.34. The second-order valence-electron chi connectivity index (χ2n) is 4.84. The highest BCUT2D eigenvalue weighted by Crippen LogP contribution is 2.46. The lowest BCUT2D eigenvalue weighted by Gasteiger charge is -2.31. The van der Waals surface area contributed by atoms with Crippen LogP contribution in [-0.2, 0) is 6.54 Å². The van der Waals surface area contributed by atoms with Crippen molar-refractivity contribution in [1.29, 1.82) is 0 Å². The summed E-state index contributed by atoms with van der Waals surface area (Å²) in [5, 5.41) is 20.2. The first kappa shape index (κ1) is 12.6. The van der Waals surface area contributed by atoms with E-state index in [0.717, 1.165) is 17.0 Å². The third kappa shape index (κ3) is 1.59. The van der Waals surface area contributed by atoms with Crippen molar-refractivity contribution >= 4 is 11.4 Å². The van der Waals surface area contributed by atoms with E-state index in [9.17, 15) is 10.1 Å². The van der Waals surface area contributed by atoms with Gasteiger partial charge in [0.15, 0.2) is 0 Å². The second kappa shape index (κ2) is 4.29. The monoisotopic (exact) mass is 273 g/mol. The Morgan fingerprint density at radius 3 is 2.80 bits per heavy atom. The fraction of sp³-hybridized carbons (Fsp3) is 0.385. The molecule has 0 fully saturated rings. The molecule has 1 unspecified atom stereocenters. The average Bonchev–Trinajstić information content (AvgIpc) is 2.88. The molecular formula is C13H15N5O2. The molecule has 7 heteroatoms. The summed E-state index contributed by atoms with van der Waals surface area (Å²) in [4.78, 5) is 14.4. The summed E-state index contributed by atoms with van der Waals surface area (Å²) < 4.78 is 0. The van der Waals surface area contributed by atoms with Crippen LogP contribution >= 0.6 is 0 Å². The van der Waals surface area contributed by atoms with Crippen LogP contribution in [0.5, 0.6) is 0 Å². The average molecular weight is 273 g/mol. The maximum absolute atomic E-state index is 11.2. The first-order valence-corrected chi connectivity index (χ1v) is 6.50. The fourth-order valence-electron chi connectivity index (χ4n) is 2.59. The van der Waals surface area contributed by atoms with E-state index in [1.54, 1.807) is 10.9 Å². The van der Waals surface area contributed by atoms with Crippen LogP contribution < -0.4 is 4.90 Å². The summed E-state index contributed by atoms with van der Waals surface area (Å²) in [5.41, 5.74) is 3.10. The van der Waals surface area contributed by atoms with Gasteiger partial charge in [-0.2, -0.15) is 15.0 Å². The molecule has 1 atom stereocenters. The molecule has 1 aliphatic rings. The highest BCUT2D eigenvalue weighted by molar-refractivity contribution is 5.87. The Bertz CT molecular complexity index is 694. The number of hydrogen-bond acceptors (Lipinski definition) is 5. The SMILES string of the molecule is CCn1nc2c(n1)C(C)N(C)c1c-2cccc1[N+](=O)[O-]. The quantitative estimate of drug-likeness (QED) is 0.620.